The highest BCUT2D eigenvalue weighted by Crippen LogP contribution is 2.56. The standard InChI is InChI=1S/C38H28/c1-26-22-23-31-25-33-34(27-14-6-2-7-15-27)35(28-16-8-3-9-17-28)36(29-18-10-4-11-19-29)37(38(33)32(31)24-26)30-20-12-5-13-21-30/h2-24H,25H2,1H3. The van der Waals surface area contributed by atoms with Gasteiger partial charge < -0.3 is 0 Å². The summed E-state index contributed by atoms with van der Waals surface area (Å²) in [4.78, 5) is 0. The van der Waals surface area contributed by atoms with Crippen molar-refractivity contribution in [1.82, 2.24) is 0 Å². The number of aryl methyl sites for hydroxylation is 1. The Morgan fingerprint density at radius 1 is 0.395 bits per heavy atom. The summed E-state index contributed by atoms with van der Waals surface area (Å²) in [6.07, 6.45) is 0.934. The molecule has 1 aliphatic rings. The predicted molar refractivity (Wildman–Crippen MR) is 161 cm³/mol. The Kier molecular flexibility index (Phi) is 5.52. The highest BCUT2D eigenvalue weighted by atomic mass is 14.3. The molecule has 1 aliphatic carbocycles. The zero-order valence-corrected chi connectivity index (χ0v) is 21.5. The lowest BCUT2D eigenvalue weighted by atomic mass is 9.77. The molecule has 0 saturated heterocycles. The summed E-state index contributed by atoms with van der Waals surface area (Å²) in [7, 11) is 0. The van der Waals surface area contributed by atoms with Crippen LogP contribution in [0.5, 0.6) is 0 Å². The van der Waals surface area contributed by atoms with E-state index in [1.807, 2.05) is 0 Å². The molecule has 7 rings (SSSR count). The molecule has 6 aromatic rings. The van der Waals surface area contributed by atoms with Crippen molar-refractivity contribution in [1.29, 1.82) is 0 Å². The Bertz CT molecular complexity index is 1750. The van der Waals surface area contributed by atoms with E-state index in [9.17, 15) is 0 Å². The number of rotatable bonds is 4. The van der Waals surface area contributed by atoms with E-state index in [0.29, 0.717) is 0 Å². The molecule has 0 fully saturated rings. The second kappa shape index (κ2) is 9.32. The fourth-order valence-electron chi connectivity index (χ4n) is 6.15. The molecule has 0 bridgehead atoms. The predicted octanol–water partition coefficient (Wildman–Crippen LogP) is 10.2. The summed E-state index contributed by atoms with van der Waals surface area (Å²) < 4.78 is 0. The zero-order valence-electron chi connectivity index (χ0n) is 21.5. The first kappa shape index (κ1) is 22.5. The number of benzene rings is 6. The van der Waals surface area contributed by atoms with Crippen LogP contribution in [0.15, 0.2) is 140 Å². The van der Waals surface area contributed by atoms with E-state index in [1.165, 1.54) is 72.3 Å². The van der Waals surface area contributed by atoms with Gasteiger partial charge in [0, 0.05) is 0 Å². The van der Waals surface area contributed by atoms with Crippen LogP contribution in [0.4, 0.5) is 0 Å². The lowest BCUT2D eigenvalue weighted by molar-refractivity contribution is 1.26. The normalized spacial score (nSPS) is 11.7. The first-order valence-corrected chi connectivity index (χ1v) is 13.3. The summed E-state index contributed by atoms with van der Waals surface area (Å²) in [5, 5.41) is 0. The molecule has 6 aromatic carbocycles. The van der Waals surface area contributed by atoms with Crippen molar-refractivity contribution in [2.75, 3.05) is 0 Å². The Labute approximate surface area is 224 Å². The SMILES string of the molecule is Cc1ccc2c(c1)-c1c(c(-c3ccccc3)c(-c3ccccc3)c(-c3ccccc3)c1-c1ccccc1)C2. The Balaban J connectivity index is 1.75. The summed E-state index contributed by atoms with van der Waals surface area (Å²) in [6, 6.07) is 50.8. The quantitative estimate of drug-likeness (QED) is 0.233. The lowest BCUT2D eigenvalue weighted by Crippen LogP contribution is -2.00. The van der Waals surface area contributed by atoms with E-state index in [1.54, 1.807) is 0 Å². The summed E-state index contributed by atoms with van der Waals surface area (Å²) >= 11 is 0. The maximum atomic E-state index is 2.39. The van der Waals surface area contributed by atoms with Crippen LogP contribution in [-0.2, 0) is 6.42 Å². The van der Waals surface area contributed by atoms with E-state index < -0.39 is 0 Å². The van der Waals surface area contributed by atoms with Crippen molar-refractivity contribution in [3.63, 3.8) is 0 Å². The molecule has 0 N–H and O–H groups in total. The van der Waals surface area contributed by atoms with Gasteiger partial charge >= 0.3 is 0 Å². The average molecular weight is 485 g/mol. The zero-order chi connectivity index (χ0) is 25.5. The molecule has 0 heteroatoms. The minimum atomic E-state index is 0.934. The summed E-state index contributed by atoms with van der Waals surface area (Å²) in [6.45, 7) is 2.20. The van der Waals surface area contributed by atoms with Crippen LogP contribution in [0.2, 0.25) is 0 Å². The van der Waals surface area contributed by atoms with Crippen molar-refractivity contribution in [2.45, 2.75) is 13.3 Å². The Morgan fingerprint density at radius 2 is 0.789 bits per heavy atom. The van der Waals surface area contributed by atoms with Crippen LogP contribution in [0.25, 0.3) is 55.6 Å². The van der Waals surface area contributed by atoms with Crippen molar-refractivity contribution in [2.24, 2.45) is 0 Å². The van der Waals surface area contributed by atoms with Crippen LogP contribution in [0.3, 0.4) is 0 Å². The molecule has 0 spiro atoms. The minimum absolute atomic E-state index is 0.934. The minimum Gasteiger partial charge on any atom is -0.0622 e. The van der Waals surface area contributed by atoms with Gasteiger partial charge in [-0.3, -0.25) is 0 Å². The van der Waals surface area contributed by atoms with Gasteiger partial charge in [-0.1, -0.05) is 145 Å². The molecule has 0 unspecified atom stereocenters. The van der Waals surface area contributed by atoms with Crippen molar-refractivity contribution in [3.8, 4) is 55.6 Å². The molecule has 0 aromatic heterocycles. The first-order chi connectivity index (χ1) is 18.8. The molecular formula is C38H28. The fourth-order valence-corrected chi connectivity index (χ4v) is 6.15. The van der Waals surface area contributed by atoms with Gasteiger partial charge in [-0.25, -0.2) is 0 Å². The molecule has 0 heterocycles. The van der Waals surface area contributed by atoms with Gasteiger partial charge in [0.05, 0.1) is 0 Å². The maximum absolute atomic E-state index is 2.39. The molecule has 180 valence electrons. The molecule has 0 nitrogen and oxygen atoms in total. The third kappa shape index (κ3) is 3.69. The van der Waals surface area contributed by atoms with Crippen LogP contribution in [0, 0.1) is 6.92 Å². The average Bonchev–Trinajstić information content (AvgIpc) is 3.36. The van der Waals surface area contributed by atoms with Gasteiger partial charge in [-0.2, -0.15) is 0 Å². The molecule has 0 aliphatic heterocycles. The second-order valence-electron chi connectivity index (χ2n) is 10.2. The Morgan fingerprint density at radius 3 is 1.26 bits per heavy atom. The smallest absolute Gasteiger partial charge is 0.000682 e. The van der Waals surface area contributed by atoms with Crippen LogP contribution >= 0.6 is 0 Å². The third-order valence-electron chi connectivity index (χ3n) is 7.76. The van der Waals surface area contributed by atoms with Crippen molar-refractivity contribution < 1.29 is 0 Å². The highest BCUT2D eigenvalue weighted by molar-refractivity contribution is 6.10. The van der Waals surface area contributed by atoms with Gasteiger partial charge in [-0.15, -0.1) is 0 Å². The number of hydrogen-bond acceptors (Lipinski definition) is 0. The van der Waals surface area contributed by atoms with Gasteiger partial charge in [0.1, 0.15) is 0 Å². The summed E-state index contributed by atoms with van der Waals surface area (Å²) in [5.41, 5.74) is 17.2. The molecule has 38 heavy (non-hydrogen) atoms. The fraction of sp³-hybridized carbons (Fsp3) is 0.0526. The van der Waals surface area contributed by atoms with E-state index in [4.69, 9.17) is 0 Å². The van der Waals surface area contributed by atoms with Gasteiger partial charge in [-0.05, 0) is 80.1 Å². The second-order valence-corrected chi connectivity index (χ2v) is 10.2. The van der Waals surface area contributed by atoms with Crippen LogP contribution in [-0.4, -0.2) is 0 Å². The topological polar surface area (TPSA) is 0 Å². The molecular weight excluding hydrogens is 456 g/mol. The van der Waals surface area contributed by atoms with E-state index in [-0.39, 0.29) is 0 Å². The highest BCUT2D eigenvalue weighted by Gasteiger charge is 2.32. The van der Waals surface area contributed by atoms with Gasteiger partial charge in [0.25, 0.3) is 0 Å². The maximum Gasteiger partial charge on any atom is -0.000682 e. The van der Waals surface area contributed by atoms with Crippen LogP contribution in [0.1, 0.15) is 16.7 Å². The third-order valence-corrected chi connectivity index (χ3v) is 7.76. The van der Waals surface area contributed by atoms with E-state index in [2.05, 4.69) is 146 Å². The number of fused-ring (bicyclic) bond motifs is 3. The van der Waals surface area contributed by atoms with Crippen LogP contribution < -0.4 is 0 Å². The molecule has 0 radical (unpaired) electrons. The largest absolute Gasteiger partial charge is 0.0622 e. The summed E-state index contributed by atoms with van der Waals surface area (Å²) in [5.74, 6) is 0. The number of hydrogen-bond donors (Lipinski definition) is 0. The monoisotopic (exact) mass is 484 g/mol. The van der Waals surface area contributed by atoms with E-state index in [0.717, 1.165) is 6.42 Å². The molecule has 0 atom stereocenters. The van der Waals surface area contributed by atoms with Gasteiger partial charge in [0.2, 0.25) is 0 Å². The Hall–Kier alpha value is -4.68. The van der Waals surface area contributed by atoms with E-state index >= 15 is 0 Å². The first-order valence-electron chi connectivity index (χ1n) is 13.3. The molecule has 0 saturated carbocycles. The molecule has 0 amide bonds. The van der Waals surface area contributed by atoms with Crippen molar-refractivity contribution in [3.05, 3.63) is 156 Å². The van der Waals surface area contributed by atoms with Gasteiger partial charge in [0.15, 0.2) is 0 Å². The van der Waals surface area contributed by atoms with Crippen molar-refractivity contribution >= 4 is 0 Å². The lowest BCUT2D eigenvalue weighted by Gasteiger charge is -2.26.